The molecule has 7 nitrogen and oxygen atoms in total. The van der Waals surface area contributed by atoms with Crippen molar-refractivity contribution in [3.63, 3.8) is 0 Å². The molecule has 1 N–H and O–H groups in total. The van der Waals surface area contributed by atoms with Crippen molar-refractivity contribution in [1.29, 1.82) is 0 Å². The van der Waals surface area contributed by atoms with E-state index in [9.17, 15) is 4.79 Å². The van der Waals surface area contributed by atoms with Gasteiger partial charge in [-0.25, -0.2) is 4.98 Å². The molecular formula is C19H22N4O3S. The highest BCUT2D eigenvalue weighted by Gasteiger charge is 2.12. The molecule has 142 valence electrons. The third kappa shape index (κ3) is 4.77. The highest BCUT2D eigenvalue weighted by molar-refractivity contribution is 7.98. The van der Waals surface area contributed by atoms with Crippen LogP contribution in [0.15, 0.2) is 38.7 Å². The van der Waals surface area contributed by atoms with Gasteiger partial charge in [0.1, 0.15) is 5.75 Å². The van der Waals surface area contributed by atoms with Gasteiger partial charge >= 0.3 is 0 Å². The first kappa shape index (κ1) is 19.2. The summed E-state index contributed by atoms with van der Waals surface area (Å²) in [6.07, 6.45) is 0.785. The molecule has 0 amide bonds. The predicted molar refractivity (Wildman–Crippen MR) is 104 cm³/mol. The van der Waals surface area contributed by atoms with E-state index in [1.54, 1.807) is 0 Å². The van der Waals surface area contributed by atoms with Crippen molar-refractivity contribution in [2.45, 2.75) is 51.1 Å². The number of nitrogens with one attached hydrogen (secondary N) is 1. The van der Waals surface area contributed by atoms with Gasteiger partial charge in [0.2, 0.25) is 11.7 Å². The number of ether oxygens (including phenoxy) is 1. The number of aryl methyl sites for hydroxylation is 1. The molecule has 0 aliphatic heterocycles. The molecule has 0 aliphatic rings. The average Bonchev–Trinajstić information content (AvgIpc) is 3.09. The maximum absolute atomic E-state index is 12.0. The second-order valence-corrected chi connectivity index (χ2v) is 7.24. The Morgan fingerprint density at radius 2 is 1.96 bits per heavy atom. The number of rotatable bonds is 7. The fourth-order valence-corrected chi connectivity index (χ4v) is 3.33. The van der Waals surface area contributed by atoms with Crippen LogP contribution >= 0.6 is 11.8 Å². The molecule has 27 heavy (non-hydrogen) atoms. The van der Waals surface area contributed by atoms with Crippen molar-refractivity contribution in [1.82, 2.24) is 20.1 Å². The van der Waals surface area contributed by atoms with E-state index in [1.807, 2.05) is 52.0 Å². The summed E-state index contributed by atoms with van der Waals surface area (Å²) in [5, 5.41) is 4.57. The Kier molecular flexibility index (Phi) is 5.95. The minimum Gasteiger partial charge on any atom is -0.491 e. The van der Waals surface area contributed by atoms with E-state index in [1.165, 1.54) is 11.8 Å². The smallest absolute Gasteiger partial charge is 0.254 e. The lowest BCUT2D eigenvalue weighted by molar-refractivity contribution is 0.242. The van der Waals surface area contributed by atoms with Crippen LogP contribution in [-0.4, -0.2) is 26.2 Å². The van der Waals surface area contributed by atoms with E-state index in [-0.39, 0.29) is 11.7 Å². The lowest BCUT2D eigenvalue weighted by Crippen LogP contribution is -2.16. The van der Waals surface area contributed by atoms with Crippen LogP contribution in [0.4, 0.5) is 0 Å². The molecule has 3 aromatic rings. The van der Waals surface area contributed by atoms with Gasteiger partial charge in [-0.1, -0.05) is 23.8 Å². The summed E-state index contributed by atoms with van der Waals surface area (Å²) in [5.74, 6) is 2.21. The summed E-state index contributed by atoms with van der Waals surface area (Å²) in [6, 6.07) is 7.55. The van der Waals surface area contributed by atoms with E-state index in [0.717, 1.165) is 17.0 Å². The van der Waals surface area contributed by atoms with Crippen LogP contribution in [-0.2, 0) is 12.2 Å². The zero-order valence-corrected chi connectivity index (χ0v) is 16.6. The number of hydrogen-bond donors (Lipinski definition) is 1. The molecule has 0 saturated carbocycles. The van der Waals surface area contributed by atoms with Crippen LogP contribution in [0, 0.1) is 6.92 Å². The molecule has 3 rings (SSSR count). The molecule has 2 aromatic heterocycles. The van der Waals surface area contributed by atoms with Crippen LogP contribution in [0.25, 0.3) is 11.4 Å². The minimum atomic E-state index is -0.0950. The number of H-pyrrole nitrogens is 1. The summed E-state index contributed by atoms with van der Waals surface area (Å²) in [4.78, 5) is 23.6. The third-order valence-corrected chi connectivity index (χ3v) is 4.70. The van der Waals surface area contributed by atoms with Gasteiger partial charge in [0.05, 0.1) is 11.9 Å². The lowest BCUT2D eigenvalue weighted by Gasteiger charge is -2.09. The molecule has 0 atom stereocenters. The topological polar surface area (TPSA) is 93.9 Å². The maximum Gasteiger partial charge on any atom is 0.254 e. The third-order valence-electron chi connectivity index (χ3n) is 3.84. The predicted octanol–water partition coefficient (Wildman–Crippen LogP) is 3.77. The molecule has 0 spiro atoms. The summed E-state index contributed by atoms with van der Waals surface area (Å²) in [5.41, 5.74) is 2.21. The summed E-state index contributed by atoms with van der Waals surface area (Å²) < 4.78 is 10.9. The molecule has 0 radical (unpaired) electrons. The van der Waals surface area contributed by atoms with Crippen LogP contribution in [0.2, 0.25) is 0 Å². The number of nitrogens with zero attached hydrogens (tertiary/aromatic N) is 3. The minimum absolute atomic E-state index is 0.0950. The van der Waals surface area contributed by atoms with E-state index in [2.05, 4.69) is 20.1 Å². The van der Waals surface area contributed by atoms with Crippen molar-refractivity contribution in [2.24, 2.45) is 0 Å². The number of aromatic nitrogens is 4. The summed E-state index contributed by atoms with van der Waals surface area (Å²) >= 11 is 1.36. The van der Waals surface area contributed by atoms with Gasteiger partial charge in [0.25, 0.3) is 5.56 Å². The summed E-state index contributed by atoms with van der Waals surface area (Å²) in [6.45, 7) is 7.75. The second-order valence-electron chi connectivity index (χ2n) is 6.28. The molecule has 1 aromatic carbocycles. The Bertz CT molecular complexity index is 964. The van der Waals surface area contributed by atoms with Crippen LogP contribution < -0.4 is 10.3 Å². The Morgan fingerprint density at radius 3 is 2.59 bits per heavy atom. The van der Waals surface area contributed by atoms with Crippen LogP contribution in [0.5, 0.6) is 5.75 Å². The standard InChI is InChI=1S/C19H22N4O3S/c1-5-15-12(4)20-19(22-18(15)24)27-10-16-21-17(23-26-16)13-6-8-14(9-7-13)25-11(2)3/h6-9,11H,5,10H2,1-4H3,(H,20,22,24). The van der Waals surface area contributed by atoms with E-state index in [4.69, 9.17) is 9.26 Å². The molecule has 2 heterocycles. The monoisotopic (exact) mass is 386 g/mol. The van der Waals surface area contributed by atoms with Crippen molar-refractivity contribution in [3.8, 4) is 17.1 Å². The highest BCUT2D eigenvalue weighted by atomic mass is 32.2. The number of benzene rings is 1. The van der Waals surface area contributed by atoms with Crippen molar-refractivity contribution < 1.29 is 9.26 Å². The lowest BCUT2D eigenvalue weighted by atomic mass is 10.2. The molecule has 0 saturated heterocycles. The van der Waals surface area contributed by atoms with E-state index >= 15 is 0 Å². The molecule has 0 bridgehead atoms. The van der Waals surface area contributed by atoms with Gasteiger partial charge in [-0.15, -0.1) is 0 Å². The first-order chi connectivity index (χ1) is 13.0. The van der Waals surface area contributed by atoms with E-state index < -0.39 is 0 Å². The zero-order chi connectivity index (χ0) is 19.4. The summed E-state index contributed by atoms with van der Waals surface area (Å²) in [7, 11) is 0. The van der Waals surface area contributed by atoms with Crippen LogP contribution in [0.3, 0.4) is 0 Å². The molecule has 0 fully saturated rings. The average molecular weight is 386 g/mol. The van der Waals surface area contributed by atoms with Crippen molar-refractivity contribution in [2.75, 3.05) is 0 Å². The Hall–Kier alpha value is -2.61. The van der Waals surface area contributed by atoms with Gasteiger partial charge in [0, 0.05) is 16.8 Å². The SMILES string of the molecule is CCc1c(C)nc(SCc2nc(-c3ccc(OC(C)C)cc3)no2)[nH]c1=O. The maximum atomic E-state index is 12.0. The fraction of sp³-hybridized carbons (Fsp3) is 0.368. The first-order valence-corrected chi connectivity index (χ1v) is 9.77. The largest absolute Gasteiger partial charge is 0.491 e. The molecule has 0 aliphatic carbocycles. The fourth-order valence-electron chi connectivity index (χ4n) is 2.58. The number of aromatic amines is 1. The van der Waals surface area contributed by atoms with Crippen molar-refractivity contribution >= 4 is 11.8 Å². The Balaban J connectivity index is 1.67. The van der Waals surface area contributed by atoms with Crippen LogP contribution in [0.1, 0.15) is 37.9 Å². The van der Waals surface area contributed by atoms with Gasteiger partial charge in [-0.3, -0.25) is 4.79 Å². The molecular weight excluding hydrogens is 364 g/mol. The normalized spacial score (nSPS) is 11.1. The second kappa shape index (κ2) is 8.39. The van der Waals surface area contributed by atoms with Gasteiger partial charge in [-0.2, -0.15) is 4.98 Å². The van der Waals surface area contributed by atoms with Gasteiger partial charge in [0.15, 0.2) is 5.16 Å². The Morgan fingerprint density at radius 1 is 1.22 bits per heavy atom. The number of hydrogen-bond acceptors (Lipinski definition) is 7. The van der Waals surface area contributed by atoms with Gasteiger partial charge in [-0.05, 0) is 51.5 Å². The van der Waals surface area contributed by atoms with Crippen molar-refractivity contribution in [3.05, 3.63) is 51.8 Å². The quantitative estimate of drug-likeness (QED) is 0.488. The number of thioether (sulfide) groups is 1. The molecule has 0 unspecified atom stereocenters. The Labute approximate surface area is 161 Å². The van der Waals surface area contributed by atoms with E-state index in [0.29, 0.717) is 34.6 Å². The highest BCUT2D eigenvalue weighted by Crippen LogP contribution is 2.23. The van der Waals surface area contributed by atoms with Gasteiger partial charge < -0.3 is 14.2 Å². The molecule has 8 heteroatoms. The first-order valence-electron chi connectivity index (χ1n) is 8.78. The zero-order valence-electron chi connectivity index (χ0n) is 15.8.